The van der Waals surface area contributed by atoms with Gasteiger partial charge in [-0.1, -0.05) is 65.0 Å². The number of amides is 1. The van der Waals surface area contributed by atoms with Gasteiger partial charge < -0.3 is 69.2 Å². The van der Waals surface area contributed by atoms with Crippen LogP contribution in [-0.4, -0.2) is 174 Å². The Balaban J connectivity index is 1.46. The molecule has 0 bridgehead atoms. The largest absolute Gasteiger partial charge is 0.459 e. The number of esters is 1. The fourth-order valence-electron chi connectivity index (χ4n) is 12.1. The van der Waals surface area contributed by atoms with Crippen molar-refractivity contribution in [1.82, 2.24) is 15.2 Å². The van der Waals surface area contributed by atoms with Crippen molar-refractivity contribution in [3.63, 3.8) is 0 Å². The Morgan fingerprint density at radius 3 is 2.16 bits per heavy atom. The molecule has 3 aliphatic rings. The Hall–Kier alpha value is -3.53. The number of nitrogens with zero attached hydrogens (tertiary/aromatic N) is 2. The molecule has 74 heavy (non-hydrogen) atoms. The standard InChI is InChI=1S/C56H89FN4O13/c1-15-36-27-55(9,70-14)51(32(4)45(42-28-54(8,69-13)50(65)35(7)72-42)33(5)52(66)73-43(16-2)56(10,67)49(64)34(6)46(36)58)74-53-47(63)41(26-31(3)71-53)61(11)25-23-44(62)60-40(29-57)48(68-12)38-21-19-37(20-22-38)39-18-17-24-59-30-39/h17-22,24,30-36,40-43,45,47-51,53,58,63-65,67H,15-16,23,25-29H2,1-14H3,(H,60,62)/t31-,32+,33-,34+,35+,36-,40-,41+,42?,43-,45+,47-,48-,49-,50+,51-,53+,54-,55-,56-/m1/s1. The van der Waals surface area contributed by atoms with Gasteiger partial charge in [0.05, 0.1) is 53.7 Å². The lowest BCUT2D eigenvalue weighted by Crippen LogP contribution is -2.62. The highest BCUT2D eigenvalue weighted by Gasteiger charge is 2.56. The highest BCUT2D eigenvalue weighted by atomic mass is 19.1. The van der Waals surface area contributed by atoms with Gasteiger partial charge in [-0.15, -0.1) is 0 Å². The number of likely N-dealkylation sites (N-methyl/N-ethyl adjacent to an activating group) is 1. The van der Waals surface area contributed by atoms with Crippen LogP contribution >= 0.6 is 0 Å². The van der Waals surface area contributed by atoms with Gasteiger partial charge in [-0.25, -0.2) is 4.39 Å². The van der Waals surface area contributed by atoms with Gasteiger partial charge in [0.1, 0.15) is 36.7 Å². The number of halogens is 1. The lowest BCUT2D eigenvalue weighted by atomic mass is 9.67. The van der Waals surface area contributed by atoms with E-state index in [1.165, 1.54) is 21.1 Å². The van der Waals surface area contributed by atoms with Crippen molar-refractivity contribution in [3.8, 4) is 11.1 Å². The number of rotatable bonds is 17. The van der Waals surface area contributed by atoms with Crippen molar-refractivity contribution in [2.75, 3.05) is 41.6 Å². The summed E-state index contributed by atoms with van der Waals surface area (Å²) in [6, 6.07) is 9.75. The SMILES string of the molecule is CC[C@@H]1C[C@@](C)(OC)[C@H](O[C@@H]2O[C@H](C)C[C@H](N(C)CCC(=O)N[C@H](CF)[C@H](OC)c3ccc(-c4cccnc4)cc3)[C@H]2O)[C@@H](C)[C@H](C2C[C@@](C)(OC)[C@@H](O)[C@H](C)O2)[C@@H](C)C(=O)O[C@H](CC)[C@@](C)(O)[C@H](O)[C@@H](C)C1=N. The van der Waals surface area contributed by atoms with E-state index in [1.54, 1.807) is 61.2 Å². The van der Waals surface area contributed by atoms with Crippen LogP contribution in [0.1, 0.15) is 119 Å². The second kappa shape index (κ2) is 26.2. The molecule has 17 nitrogen and oxygen atoms in total. The number of methoxy groups -OCH3 is 3. The highest BCUT2D eigenvalue weighted by molar-refractivity contribution is 5.86. The molecular formula is C56H89FN4O13. The van der Waals surface area contributed by atoms with Crippen molar-refractivity contribution in [1.29, 1.82) is 5.41 Å². The molecule has 2 aromatic rings. The smallest absolute Gasteiger partial charge is 0.309 e. The molecule has 18 heteroatoms. The topological polar surface area (TPSA) is 232 Å². The first-order valence-corrected chi connectivity index (χ1v) is 26.6. The van der Waals surface area contributed by atoms with Crippen molar-refractivity contribution in [2.45, 2.75) is 198 Å². The second-order valence-electron chi connectivity index (χ2n) is 22.1. The van der Waals surface area contributed by atoms with Crippen LogP contribution in [0.3, 0.4) is 0 Å². The number of carbonyl (C=O) groups excluding carboxylic acids is 2. The molecule has 0 radical (unpaired) electrons. The number of aliphatic hydroxyl groups is 4. The Bertz CT molecular complexity index is 2110. The summed E-state index contributed by atoms with van der Waals surface area (Å²) in [5.41, 5.74) is -1.54. The van der Waals surface area contributed by atoms with Crippen molar-refractivity contribution in [3.05, 3.63) is 54.4 Å². The summed E-state index contributed by atoms with van der Waals surface area (Å²) in [5, 5.41) is 59.8. The summed E-state index contributed by atoms with van der Waals surface area (Å²) in [6.45, 7) is 17.1. The van der Waals surface area contributed by atoms with E-state index in [9.17, 15) is 39.8 Å². The quantitative estimate of drug-likeness (QED) is 0.0967. The molecule has 0 spiro atoms. The first-order valence-electron chi connectivity index (χ1n) is 26.6. The molecule has 1 amide bonds. The number of pyridine rings is 1. The fourth-order valence-corrected chi connectivity index (χ4v) is 12.1. The predicted molar refractivity (Wildman–Crippen MR) is 278 cm³/mol. The number of hydrogen-bond acceptors (Lipinski definition) is 16. The maximum Gasteiger partial charge on any atom is 0.309 e. The average molecular weight is 1050 g/mol. The Morgan fingerprint density at radius 1 is 0.932 bits per heavy atom. The first-order chi connectivity index (χ1) is 34.9. The van der Waals surface area contributed by atoms with E-state index in [1.807, 2.05) is 69.0 Å². The van der Waals surface area contributed by atoms with Gasteiger partial charge in [0, 0.05) is 76.7 Å². The number of aromatic nitrogens is 1. The molecule has 20 atom stereocenters. The van der Waals surface area contributed by atoms with Gasteiger partial charge in [-0.05, 0) is 102 Å². The van der Waals surface area contributed by atoms with Crippen molar-refractivity contribution in [2.24, 2.45) is 29.6 Å². The third-order valence-corrected chi connectivity index (χ3v) is 17.0. The third-order valence-electron chi connectivity index (χ3n) is 17.0. The van der Waals surface area contributed by atoms with Crippen LogP contribution in [-0.2, 0) is 42.7 Å². The number of cyclic esters (lactones) is 1. The van der Waals surface area contributed by atoms with E-state index in [4.69, 9.17) is 33.2 Å². The lowest BCUT2D eigenvalue weighted by Gasteiger charge is -2.52. The summed E-state index contributed by atoms with van der Waals surface area (Å²) in [4.78, 5) is 34.3. The normalized spacial score (nSPS) is 38.7. The lowest BCUT2D eigenvalue weighted by molar-refractivity contribution is -0.305. The minimum Gasteiger partial charge on any atom is -0.459 e. The predicted octanol–water partition coefficient (Wildman–Crippen LogP) is 6.22. The molecule has 0 aliphatic carbocycles. The van der Waals surface area contributed by atoms with Crippen LogP contribution < -0.4 is 5.32 Å². The number of alkyl halides is 1. The molecule has 3 fully saturated rings. The van der Waals surface area contributed by atoms with Crippen molar-refractivity contribution >= 4 is 17.6 Å². The monoisotopic (exact) mass is 1040 g/mol. The van der Waals surface area contributed by atoms with Crippen LogP contribution in [0.5, 0.6) is 0 Å². The molecule has 3 saturated heterocycles. The molecule has 0 saturated carbocycles. The van der Waals surface area contributed by atoms with Gasteiger partial charge in [-0.3, -0.25) is 14.6 Å². The molecular weight excluding hydrogens is 956 g/mol. The molecule has 418 valence electrons. The molecule has 6 N–H and O–H groups in total. The molecule has 3 aliphatic heterocycles. The maximum absolute atomic E-state index is 14.7. The van der Waals surface area contributed by atoms with Crippen LogP contribution in [0, 0.1) is 35.0 Å². The van der Waals surface area contributed by atoms with Gasteiger partial charge >= 0.3 is 5.97 Å². The maximum atomic E-state index is 14.7. The van der Waals surface area contributed by atoms with E-state index in [0.717, 1.165) is 11.1 Å². The molecule has 1 aromatic carbocycles. The van der Waals surface area contributed by atoms with Crippen molar-refractivity contribution < 1.29 is 67.6 Å². The van der Waals surface area contributed by atoms with Crippen LogP contribution in [0.25, 0.3) is 11.1 Å². The zero-order chi connectivity index (χ0) is 55.0. The summed E-state index contributed by atoms with van der Waals surface area (Å²) >= 11 is 0. The molecule has 1 aromatic heterocycles. The summed E-state index contributed by atoms with van der Waals surface area (Å²) < 4.78 is 59.4. The number of aliphatic hydroxyl groups excluding tert-OH is 3. The van der Waals surface area contributed by atoms with E-state index in [0.29, 0.717) is 18.4 Å². The molecule has 4 heterocycles. The van der Waals surface area contributed by atoms with Gasteiger partial charge in [0.25, 0.3) is 0 Å². The van der Waals surface area contributed by atoms with Gasteiger partial charge in [0.2, 0.25) is 5.91 Å². The minimum absolute atomic E-state index is 0.0227. The van der Waals surface area contributed by atoms with Crippen LogP contribution in [0.15, 0.2) is 48.8 Å². The van der Waals surface area contributed by atoms with E-state index in [-0.39, 0.29) is 37.9 Å². The van der Waals surface area contributed by atoms with E-state index in [2.05, 4.69) is 10.3 Å². The second-order valence-corrected chi connectivity index (χ2v) is 22.1. The van der Waals surface area contributed by atoms with Crippen LogP contribution in [0.4, 0.5) is 4.39 Å². The Labute approximate surface area is 439 Å². The number of hydrogen-bond donors (Lipinski definition) is 6. The highest BCUT2D eigenvalue weighted by Crippen LogP contribution is 2.46. The Kier molecular flexibility index (Phi) is 21.7. The Morgan fingerprint density at radius 2 is 1.59 bits per heavy atom. The third kappa shape index (κ3) is 13.6. The zero-order valence-corrected chi connectivity index (χ0v) is 46.3. The van der Waals surface area contributed by atoms with E-state index >= 15 is 0 Å². The average Bonchev–Trinajstić information content (AvgIpc) is 3.39. The van der Waals surface area contributed by atoms with Gasteiger partial charge in [-0.2, -0.15) is 0 Å². The van der Waals surface area contributed by atoms with E-state index < -0.39 is 138 Å². The molecule has 5 rings (SSSR count). The number of nitrogens with one attached hydrogen (secondary N) is 2. The zero-order valence-electron chi connectivity index (χ0n) is 46.3. The fraction of sp³-hybridized carbons (Fsp3) is 0.750. The first kappa shape index (κ1) is 61.3. The molecule has 1 unspecified atom stereocenters. The number of ether oxygens (including phenoxy) is 7. The minimum atomic E-state index is -1.93. The number of carbonyl (C=O) groups is 2. The van der Waals surface area contributed by atoms with Crippen LogP contribution in [0.2, 0.25) is 0 Å². The summed E-state index contributed by atoms with van der Waals surface area (Å²) in [7, 11) is 6.34. The summed E-state index contributed by atoms with van der Waals surface area (Å²) in [5.74, 6) is -4.76. The summed E-state index contributed by atoms with van der Waals surface area (Å²) in [6.07, 6.45) is -4.98. The number of benzene rings is 1. The van der Waals surface area contributed by atoms with Gasteiger partial charge in [0.15, 0.2) is 6.29 Å².